The second kappa shape index (κ2) is 10.3. The molecule has 142 valence electrons. The van der Waals surface area contributed by atoms with Crippen LogP contribution in [-0.2, 0) is 14.4 Å². The molecule has 0 aliphatic carbocycles. The topological polar surface area (TPSA) is 96.5 Å². The highest BCUT2D eigenvalue weighted by Gasteiger charge is 2.09. The molecule has 2 aromatic rings. The molecule has 7 nitrogen and oxygen atoms in total. The zero-order chi connectivity index (χ0) is 19.6. The van der Waals surface area contributed by atoms with Crippen molar-refractivity contribution < 1.29 is 19.1 Å². The predicted molar refractivity (Wildman–Crippen MR) is 105 cm³/mol. The maximum Gasteiger partial charge on any atom is 0.276 e. The summed E-state index contributed by atoms with van der Waals surface area (Å²) in [5.74, 6) is -0.699. The van der Waals surface area contributed by atoms with Crippen LogP contribution in [0.3, 0.4) is 0 Å². The van der Waals surface area contributed by atoms with Crippen LogP contribution in [-0.4, -0.2) is 24.3 Å². The van der Waals surface area contributed by atoms with Gasteiger partial charge in [0.25, 0.3) is 5.91 Å². The Balaban J connectivity index is 1.63. The summed E-state index contributed by atoms with van der Waals surface area (Å²) in [5.41, 5.74) is 6.15. The Morgan fingerprint density at radius 2 is 1.59 bits per heavy atom. The smallest absolute Gasteiger partial charge is 0.276 e. The number of halogens is 1. The van der Waals surface area contributed by atoms with Crippen LogP contribution in [0.25, 0.3) is 0 Å². The maximum atomic E-state index is 11.8. The van der Waals surface area contributed by atoms with E-state index in [4.69, 9.17) is 4.74 Å². The van der Waals surface area contributed by atoms with Crippen LogP contribution < -0.4 is 20.9 Å². The minimum absolute atomic E-state index is 0.00523. The van der Waals surface area contributed by atoms with Gasteiger partial charge in [0.2, 0.25) is 11.8 Å². The lowest BCUT2D eigenvalue weighted by atomic mass is 10.2. The second-order valence-corrected chi connectivity index (χ2v) is 6.56. The van der Waals surface area contributed by atoms with Gasteiger partial charge >= 0.3 is 0 Å². The third kappa shape index (κ3) is 7.49. The molecule has 0 heterocycles. The molecule has 0 saturated heterocycles. The molecule has 0 fully saturated rings. The number of carbonyl (C=O) groups is 3. The molecule has 27 heavy (non-hydrogen) atoms. The first-order valence-corrected chi connectivity index (χ1v) is 9.05. The van der Waals surface area contributed by atoms with Crippen molar-refractivity contribution in [2.24, 2.45) is 0 Å². The Morgan fingerprint density at radius 1 is 0.926 bits per heavy atom. The summed E-state index contributed by atoms with van der Waals surface area (Å²) in [6.07, 6.45) is -0.0447. The average Bonchev–Trinajstić information content (AvgIpc) is 2.66. The number of hydrogen-bond acceptors (Lipinski definition) is 4. The molecule has 3 amide bonds. The van der Waals surface area contributed by atoms with Gasteiger partial charge in [0.15, 0.2) is 6.61 Å². The summed E-state index contributed by atoms with van der Waals surface area (Å²) in [7, 11) is 0. The van der Waals surface area contributed by atoms with Gasteiger partial charge in [0.1, 0.15) is 5.75 Å². The van der Waals surface area contributed by atoms with Gasteiger partial charge in [-0.3, -0.25) is 25.2 Å². The van der Waals surface area contributed by atoms with E-state index in [1.807, 2.05) is 19.1 Å². The van der Waals surface area contributed by atoms with Crippen molar-refractivity contribution in [1.82, 2.24) is 10.9 Å². The van der Waals surface area contributed by atoms with E-state index in [2.05, 4.69) is 32.1 Å². The largest absolute Gasteiger partial charge is 0.484 e. The highest BCUT2D eigenvalue weighted by molar-refractivity contribution is 9.10. The normalized spacial score (nSPS) is 10.0. The molecule has 3 N–H and O–H groups in total. The fourth-order valence-corrected chi connectivity index (χ4v) is 2.31. The molecule has 0 radical (unpaired) electrons. The summed E-state index contributed by atoms with van der Waals surface area (Å²) in [4.78, 5) is 35.2. The maximum absolute atomic E-state index is 11.8. The standard InChI is InChI=1S/C19H20BrN3O4/c1-13-11-15(7-8-16(13)20)27-12-19(26)23-22-18(25)10-9-17(24)21-14-5-3-2-4-6-14/h2-8,11H,9-10,12H2,1H3,(H,21,24)(H,22,25)(H,23,26). The van der Waals surface area contributed by atoms with Crippen LogP contribution in [0.4, 0.5) is 5.69 Å². The molecule has 0 spiro atoms. The van der Waals surface area contributed by atoms with Gasteiger partial charge in [-0.25, -0.2) is 0 Å². The Labute approximate surface area is 165 Å². The van der Waals surface area contributed by atoms with Crippen LogP contribution in [0.5, 0.6) is 5.75 Å². The Kier molecular flexibility index (Phi) is 7.81. The molecular weight excluding hydrogens is 414 g/mol. The molecule has 2 aromatic carbocycles. The van der Waals surface area contributed by atoms with Crippen LogP contribution >= 0.6 is 15.9 Å². The molecule has 2 rings (SSSR count). The number of carbonyl (C=O) groups excluding carboxylic acids is 3. The van der Waals surface area contributed by atoms with E-state index in [0.717, 1.165) is 10.0 Å². The second-order valence-electron chi connectivity index (χ2n) is 5.71. The number of benzene rings is 2. The molecule has 0 atom stereocenters. The van der Waals surface area contributed by atoms with E-state index in [-0.39, 0.29) is 25.4 Å². The molecule has 0 unspecified atom stereocenters. The first-order chi connectivity index (χ1) is 12.9. The molecule has 0 aliphatic heterocycles. The van der Waals surface area contributed by atoms with Gasteiger partial charge in [-0.15, -0.1) is 0 Å². The predicted octanol–water partition coefficient (Wildman–Crippen LogP) is 2.70. The Morgan fingerprint density at radius 3 is 2.30 bits per heavy atom. The van der Waals surface area contributed by atoms with Crippen LogP contribution in [0.15, 0.2) is 53.0 Å². The lowest BCUT2D eigenvalue weighted by molar-refractivity contribution is -0.130. The number of ether oxygens (including phenoxy) is 1. The molecule has 0 aromatic heterocycles. The number of nitrogens with one attached hydrogen (secondary N) is 3. The van der Waals surface area contributed by atoms with Crippen LogP contribution in [0.1, 0.15) is 18.4 Å². The van der Waals surface area contributed by atoms with Crippen molar-refractivity contribution in [2.75, 3.05) is 11.9 Å². The number of amides is 3. The van der Waals surface area contributed by atoms with Gasteiger partial charge < -0.3 is 10.1 Å². The summed E-state index contributed by atoms with van der Waals surface area (Å²) in [6.45, 7) is 1.67. The quantitative estimate of drug-likeness (QED) is 0.584. The van der Waals surface area contributed by atoms with Crippen molar-refractivity contribution in [2.45, 2.75) is 19.8 Å². The van der Waals surface area contributed by atoms with E-state index in [1.165, 1.54) is 0 Å². The van der Waals surface area contributed by atoms with Crippen molar-refractivity contribution in [3.63, 3.8) is 0 Å². The first-order valence-electron chi connectivity index (χ1n) is 8.25. The third-order valence-corrected chi connectivity index (χ3v) is 4.37. The fourth-order valence-electron chi connectivity index (χ4n) is 2.07. The van der Waals surface area contributed by atoms with Gasteiger partial charge in [0.05, 0.1) is 0 Å². The molecule has 0 aliphatic rings. The lowest BCUT2D eigenvalue weighted by Gasteiger charge is -2.10. The fraction of sp³-hybridized carbons (Fsp3) is 0.211. The van der Waals surface area contributed by atoms with Gasteiger partial charge in [-0.05, 0) is 42.8 Å². The molecular formula is C19H20BrN3O4. The van der Waals surface area contributed by atoms with Gasteiger partial charge in [-0.2, -0.15) is 0 Å². The summed E-state index contributed by atoms with van der Waals surface area (Å²) < 4.78 is 6.30. The van der Waals surface area contributed by atoms with Crippen molar-refractivity contribution >= 4 is 39.3 Å². The molecule has 0 saturated carbocycles. The van der Waals surface area contributed by atoms with E-state index in [9.17, 15) is 14.4 Å². The highest BCUT2D eigenvalue weighted by Crippen LogP contribution is 2.21. The lowest BCUT2D eigenvalue weighted by Crippen LogP contribution is -2.44. The van der Waals surface area contributed by atoms with E-state index in [1.54, 1.807) is 36.4 Å². The van der Waals surface area contributed by atoms with Gasteiger partial charge in [0, 0.05) is 23.0 Å². The average molecular weight is 434 g/mol. The summed E-state index contributed by atoms with van der Waals surface area (Å²) in [5, 5.41) is 2.68. The summed E-state index contributed by atoms with van der Waals surface area (Å²) in [6, 6.07) is 14.3. The van der Waals surface area contributed by atoms with Gasteiger partial charge in [-0.1, -0.05) is 34.1 Å². The van der Waals surface area contributed by atoms with Crippen molar-refractivity contribution in [1.29, 1.82) is 0 Å². The van der Waals surface area contributed by atoms with Crippen LogP contribution in [0, 0.1) is 6.92 Å². The number of hydrazine groups is 1. The van der Waals surface area contributed by atoms with E-state index in [0.29, 0.717) is 11.4 Å². The monoisotopic (exact) mass is 433 g/mol. The minimum Gasteiger partial charge on any atom is -0.484 e. The minimum atomic E-state index is -0.502. The SMILES string of the molecule is Cc1cc(OCC(=O)NNC(=O)CCC(=O)Nc2ccccc2)ccc1Br. The van der Waals surface area contributed by atoms with Crippen LogP contribution in [0.2, 0.25) is 0 Å². The van der Waals surface area contributed by atoms with E-state index >= 15 is 0 Å². The number of para-hydroxylation sites is 1. The number of hydrogen-bond donors (Lipinski definition) is 3. The summed E-state index contributed by atoms with van der Waals surface area (Å²) >= 11 is 3.38. The third-order valence-electron chi connectivity index (χ3n) is 3.48. The Hall–Kier alpha value is -2.87. The number of aryl methyl sites for hydroxylation is 1. The highest BCUT2D eigenvalue weighted by atomic mass is 79.9. The van der Waals surface area contributed by atoms with E-state index < -0.39 is 11.8 Å². The Bertz CT molecular complexity index is 812. The van der Waals surface area contributed by atoms with Crippen molar-refractivity contribution in [3.05, 3.63) is 58.6 Å². The zero-order valence-electron chi connectivity index (χ0n) is 14.8. The first kappa shape index (κ1) is 20.4. The van der Waals surface area contributed by atoms with Crippen molar-refractivity contribution in [3.8, 4) is 5.75 Å². The molecule has 8 heteroatoms. The zero-order valence-corrected chi connectivity index (χ0v) is 16.3. The number of rotatable bonds is 7. The number of anilines is 1. The molecule has 0 bridgehead atoms.